The Morgan fingerprint density at radius 1 is 0.882 bits per heavy atom. The zero-order chi connectivity index (χ0) is 37.2. The average molecular weight is 835 g/mol. The highest BCUT2D eigenvalue weighted by Gasteiger charge is 2.77. The molecule has 4 aliphatic rings. The van der Waals surface area contributed by atoms with E-state index in [1.54, 1.807) is 13.0 Å². The Bertz CT molecular complexity index is 2160. The monoisotopic (exact) mass is 832 g/mol. The highest BCUT2D eigenvalue weighted by molar-refractivity contribution is 9.10. The highest BCUT2D eigenvalue weighted by atomic mass is 79.9. The van der Waals surface area contributed by atoms with E-state index in [0.717, 1.165) is 4.90 Å². The lowest BCUT2D eigenvalue weighted by molar-refractivity contribution is -0.125. The summed E-state index contributed by atoms with van der Waals surface area (Å²) in [6.07, 6.45) is 0.719. The van der Waals surface area contributed by atoms with Crippen LogP contribution >= 0.6 is 50.7 Å². The number of carbonyl (C=O) groups excluding carboxylic acids is 4. The molecule has 2 heterocycles. The van der Waals surface area contributed by atoms with Gasteiger partial charge in [0.05, 0.1) is 24.6 Å². The Balaban J connectivity index is 1.46. The largest absolute Gasteiger partial charge is 0.504 e. The average Bonchev–Trinajstić information content (AvgIpc) is 3.43. The number of carbonyl (C=O) groups is 4. The third kappa shape index (κ3) is 4.61. The van der Waals surface area contributed by atoms with Crippen molar-refractivity contribution in [2.45, 2.75) is 35.4 Å². The van der Waals surface area contributed by atoms with Gasteiger partial charge >= 0.3 is 0 Å². The molecule has 51 heavy (non-hydrogen) atoms. The third-order valence-corrected chi connectivity index (χ3v) is 12.5. The van der Waals surface area contributed by atoms with Crippen LogP contribution in [0.15, 0.2) is 46.5 Å². The van der Waals surface area contributed by atoms with Crippen LogP contribution in [-0.4, -0.2) is 45.6 Å². The Labute approximate surface area is 308 Å². The number of imide groups is 2. The van der Waals surface area contributed by atoms with Crippen molar-refractivity contribution in [1.29, 1.82) is 0 Å². The van der Waals surface area contributed by atoms with Crippen LogP contribution in [0.5, 0.6) is 11.5 Å². The molecule has 4 amide bonds. The summed E-state index contributed by atoms with van der Waals surface area (Å²) in [5, 5.41) is 11.7. The van der Waals surface area contributed by atoms with Gasteiger partial charge in [-0.15, -0.1) is 23.2 Å². The molecule has 0 radical (unpaired) electrons. The number of phenols is 1. The van der Waals surface area contributed by atoms with Gasteiger partial charge < -0.3 is 9.84 Å². The van der Waals surface area contributed by atoms with Gasteiger partial charge in [-0.3, -0.25) is 19.2 Å². The number of amides is 4. The number of rotatable bonds is 4. The van der Waals surface area contributed by atoms with E-state index in [1.165, 1.54) is 37.5 Å². The van der Waals surface area contributed by atoms with E-state index in [-0.39, 0.29) is 43.4 Å². The highest BCUT2D eigenvalue weighted by Crippen LogP contribution is 2.67. The van der Waals surface area contributed by atoms with Crippen LogP contribution in [0.25, 0.3) is 0 Å². The van der Waals surface area contributed by atoms with Crippen molar-refractivity contribution in [3.05, 3.63) is 91.7 Å². The minimum Gasteiger partial charge on any atom is -0.504 e. The number of nitrogens with zero attached hydrogens (tertiary/aromatic N) is 2. The molecule has 0 aromatic heterocycles. The van der Waals surface area contributed by atoms with E-state index in [0.29, 0.717) is 5.56 Å². The maximum atomic E-state index is 15.3. The summed E-state index contributed by atoms with van der Waals surface area (Å²) in [7, 11) is 1.21. The molecule has 266 valence electrons. The summed E-state index contributed by atoms with van der Waals surface area (Å²) < 4.78 is 79.1. The van der Waals surface area contributed by atoms with Crippen LogP contribution in [0.3, 0.4) is 0 Å². The normalized spacial score (nSPS) is 28.6. The Kier molecular flexibility index (Phi) is 8.33. The molecule has 1 N–H and O–H groups in total. The molecule has 7 rings (SSSR count). The lowest BCUT2D eigenvalue weighted by atomic mass is 9.56. The van der Waals surface area contributed by atoms with Crippen LogP contribution in [0, 0.1) is 53.8 Å². The van der Waals surface area contributed by atoms with E-state index in [9.17, 15) is 37.5 Å². The predicted molar refractivity (Wildman–Crippen MR) is 177 cm³/mol. The number of phenolic OH excluding ortho intramolecular Hbond substituents is 1. The Hall–Kier alpha value is -3.72. The summed E-state index contributed by atoms with van der Waals surface area (Å²) in [6.45, 7) is 1.72. The fourth-order valence-electron chi connectivity index (χ4n) is 7.86. The smallest absolute Gasteiger partial charge is 0.258 e. The summed E-state index contributed by atoms with van der Waals surface area (Å²) in [5.74, 6) is -23.0. The van der Waals surface area contributed by atoms with E-state index in [1.807, 2.05) is 0 Å². The van der Waals surface area contributed by atoms with Gasteiger partial charge in [0.15, 0.2) is 44.5 Å². The molecule has 3 aromatic rings. The number of fused-ring (bicyclic) bond motifs is 4. The van der Waals surface area contributed by atoms with E-state index < -0.39 is 104 Å². The molecular weight excluding hydrogens is 814 g/mol. The maximum Gasteiger partial charge on any atom is 0.258 e. The Morgan fingerprint density at radius 2 is 1.51 bits per heavy atom. The number of anilines is 2. The molecule has 6 atom stereocenters. The molecule has 8 nitrogen and oxygen atoms in total. The zero-order valence-electron chi connectivity index (χ0n) is 26.0. The second-order valence-electron chi connectivity index (χ2n) is 12.7. The second-order valence-corrected chi connectivity index (χ2v) is 15.2. The molecule has 0 unspecified atom stereocenters. The lowest BCUT2D eigenvalue weighted by Crippen LogP contribution is -2.60. The number of aromatic hydroxyl groups is 1. The third-order valence-electron chi connectivity index (χ3n) is 10.2. The van der Waals surface area contributed by atoms with Crippen molar-refractivity contribution in [2.24, 2.45) is 17.8 Å². The van der Waals surface area contributed by atoms with E-state index in [4.69, 9.17) is 39.5 Å². The molecule has 3 aromatic carbocycles. The summed E-state index contributed by atoms with van der Waals surface area (Å²) >= 11 is 23.9. The van der Waals surface area contributed by atoms with Crippen molar-refractivity contribution in [1.82, 2.24) is 0 Å². The van der Waals surface area contributed by atoms with E-state index >= 15 is 8.78 Å². The lowest BCUT2D eigenvalue weighted by Gasteiger charge is -2.50. The number of hydrogen-bond acceptors (Lipinski definition) is 6. The minimum absolute atomic E-state index is 0.0920. The molecule has 2 saturated heterocycles. The van der Waals surface area contributed by atoms with Gasteiger partial charge in [0, 0.05) is 21.0 Å². The fraction of sp³-hybridized carbons (Fsp3) is 0.294. The van der Waals surface area contributed by atoms with Crippen molar-refractivity contribution in [3.63, 3.8) is 0 Å². The van der Waals surface area contributed by atoms with Crippen molar-refractivity contribution in [2.75, 3.05) is 16.9 Å². The number of allylic oxidation sites excluding steroid dienone is 2. The molecule has 2 aliphatic carbocycles. The molecular formula is C34H21BrCl3F5N2O6. The molecule has 3 fully saturated rings. The first-order valence-electron chi connectivity index (χ1n) is 15.1. The predicted octanol–water partition coefficient (Wildman–Crippen LogP) is 7.59. The van der Waals surface area contributed by atoms with Gasteiger partial charge in [-0.1, -0.05) is 45.2 Å². The number of hydrogen-bond donors (Lipinski definition) is 1. The molecule has 1 saturated carbocycles. The minimum atomic E-state index is -2.82. The summed E-state index contributed by atoms with van der Waals surface area (Å²) in [4.78, 5) is 52.0. The van der Waals surface area contributed by atoms with Crippen molar-refractivity contribution >= 4 is 85.7 Å². The zero-order valence-corrected chi connectivity index (χ0v) is 29.8. The molecule has 2 aliphatic heterocycles. The number of methoxy groups -OCH3 is 1. The van der Waals surface area contributed by atoms with Crippen LogP contribution in [-0.2, 0) is 19.2 Å². The van der Waals surface area contributed by atoms with Crippen molar-refractivity contribution in [3.8, 4) is 11.5 Å². The van der Waals surface area contributed by atoms with Crippen LogP contribution in [0.2, 0.25) is 5.02 Å². The SMILES string of the molecule is COc1cc(Br)cc([C@H]2C3=CC[C@@H]4C(=O)N(c5ccc(C)c(Cl)c5)C(=O)[C@@H]4[C@@H]3C[C@@]3(Cl)C(=O)N(c4c(F)c(F)c(F)c(F)c4F)C(=O)[C@@]23Cl)c1O. The first-order valence-corrected chi connectivity index (χ1v) is 17.0. The molecule has 17 heteroatoms. The maximum absolute atomic E-state index is 15.3. The first kappa shape index (κ1) is 35.7. The van der Waals surface area contributed by atoms with Gasteiger partial charge in [0.25, 0.3) is 11.8 Å². The number of ether oxygens (including phenoxy) is 1. The van der Waals surface area contributed by atoms with Gasteiger partial charge in [0.2, 0.25) is 17.6 Å². The summed E-state index contributed by atoms with van der Waals surface area (Å²) in [5.41, 5.74) is -1.12. The topological polar surface area (TPSA) is 104 Å². The van der Waals surface area contributed by atoms with Crippen LogP contribution < -0.4 is 14.5 Å². The van der Waals surface area contributed by atoms with Gasteiger partial charge in [0.1, 0.15) is 5.69 Å². The fourth-order valence-corrected chi connectivity index (χ4v) is 9.41. The number of alkyl halides is 2. The first-order chi connectivity index (χ1) is 23.9. The quantitative estimate of drug-likeness (QED) is 0.0726. The number of aryl methyl sites for hydroxylation is 1. The van der Waals surface area contributed by atoms with Crippen LogP contribution in [0.4, 0.5) is 33.3 Å². The molecule has 0 spiro atoms. The van der Waals surface area contributed by atoms with Gasteiger partial charge in [-0.2, -0.15) is 0 Å². The van der Waals surface area contributed by atoms with Crippen molar-refractivity contribution < 1.29 is 51.0 Å². The van der Waals surface area contributed by atoms with Gasteiger partial charge in [-0.25, -0.2) is 31.8 Å². The summed E-state index contributed by atoms with van der Waals surface area (Å²) in [6, 6.07) is 7.22. The number of benzene rings is 3. The van der Waals surface area contributed by atoms with Crippen LogP contribution in [0.1, 0.15) is 29.9 Å². The number of halogens is 9. The van der Waals surface area contributed by atoms with Gasteiger partial charge in [-0.05, 0) is 55.5 Å². The Morgan fingerprint density at radius 3 is 2.12 bits per heavy atom. The standard InChI is InChI=1S/C34H21BrCl3F5N2O6/c1-11-3-4-13(9-18(11)36)44-29(47)15-6-5-14-17(20(15)30(44)48)10-33(37)31(49)45(27-25(42)23(40)22(39)24(41)26(27)43)32(50)34(33,38)21(14)16-7-12(35)8-19(51-2)28(16)46/h3-5,7-9,15,17,20-21,46H,6,10H2,1-2H3/t15-,17+,20-,21+,33+,34-/m0/s1. The van der Waals surface area contributed by atoms with E-state index in [2.05, 4.69) is 15.9 Å². The second kappa shape index (κ2) is 11.9. The molecule has 0 bridgehead atoms.